The van der Waals surface area contributed by atoms with Crippen molar-refractivity contribution < 1.29 is 17.9 Å². The normalized spacial score (nSPS) is 17.4. The highest BCUT2D eigenvalue weighted by Crippen LogP contribution is 2.50. The molecule has 0 unspecified atom stereocenters. The Balaban J connectivity index is 2.19. The first-order valence-corrected chi connectivity index (χ1v) is 6.03. The van der Waals surface area contributed by atoms with Crippen LogP contribution in [-0.4, -0.2) is 32.8 Å². The maximum atomic E-state index is 12.8. The molecule has 0 aromatic carbocycles. The van der Waals surface area contributed by atoms with E-state index in [0.717, 1.165) is 0 Å². The van der Waals surface area contributed by atoms with E-state index in [2.05, 4.69) is 20.3 Å². The Kier molecular flexibility index (Phi) is 3.46. The van der Waals surface area contributed by atoms with Crippen molar-refractivity contribution in [1.82, 2.24) is 15.0 Å². The topological polar surface area (TPSA) is 59.9 Å². The second-order valence-corrected chi connectivity index (χ2v) is 4.92. The molecule has 9 heteroatoms. The zero-order valence-electron chi connectivity index (χ0n) is 10.3. The van der Waals surface area contributed by atoms with E-state index in [0.29, 0.717) is 0 Å². The smallest absolute Gasteiger partial charge is 0.411 e. The predicted molar refractivity (Wildman–Crippen MR) is 62.2 cm³/mol. The maximum absolute atomic E-state index is 12.8. The van der Waals surface area contributed by atoms with Crippen LogP contribution >= 0.6 is 11.6 Å². The van der Waals surface area contributed by atoms with E-state index in [1.165, 1.54) is 0 Å². The van der Waals surface area contributed by atoms with Gasteiger partial charge in [0.25, 0.3) is 0 Å². The molecule has 0 spiro atoms. The Bertz CT molecular complexity index is 476. The van der Waals surface area contributed by atoms with Crippen molar-refractivity contribution in [1.29, 1.82) is 0 Å². The highest BCUT2D eigenvalue weighted by Gasteiger charge is 2.64. The first-order valence-electron chi connectivity index (χ1n) is 5.65. The molecule has 106 valence electrons. The summed E-state index contributed by atoms with van der Waals surface area (Å²) in [5, 5.41) is 2.06. The summed E-state index contributed by atoms with van der Waals surface area (Å²) in [4.78, 5) is 11.1. The monoisotopic (exact) mass is 296 g/mol. The third kappa shape index (κ3) is 3.17. The summed E-state index contributed by atoms with van der Waals surface area (Å²) >= 11 is 5.63. The van der Waals surface area contributed by atoms with Gasteiger partial charge in [-0.05, 0) is 38.3 Å². The van der Waals surface area contributed by atoms with Crippen molar-refractivity contribution in [2.75, 3.05) is 5.32 Å². The van der Waals surface area contributed by atoms with Crippen LogP contribution in [0.1, 0.15) is 26.7 Å². The molecule has 0 atom stereocenters. The number of halogens is 4. The molecule has 1 heterocycles. The van der Waals surface area contributed by atoms with Crippen molar-refractivity contribution in [2.45, 2.75) is 44.5 Å². The molecule has 5 nitrogen and oxygen atoms in total. The Hall–Kier alpha value is -1.31. The number of hydrogen-bond acceptors (Lipinski definition) is 5. The van der Waals surface area contributed by atoms with Gasteiger partial charge in [-0.3, -0.25) is 0 Å². The summed E-state index contributed by atoms with van der Waals surface area (Å²) in [7, 11) is 0. The number of nitrogens with one attached hydrogen (secondary N) is 1. The van der Waals surface area contributed by atoms with E-state index in [-0.39, 0.29) is 36.2 Å². The van der Waals surface area contributed by atoms with Crippen molar-refractivity contribution in [3.8, 4) is 6.01 Å². The fourth-order valence-electron chi connectivity index (χ4n) is 1.47. The number of ether oxygens (including phenoxy) is 1. The third-order valence-corrected chi connectivity index (χ3v) is 2.74. The molecule has 2 rings (SSSR count). The van der Waals surface area contributed by atoms with Crippen molar-refractivity contribution in [3.05, 3.63) is 5.28 Å². The lowest BCUT2D eigenvalue weighted by molar-refractivity contribution is -0.151. The van der Waals surface area contributed by atoms with Gasteiger partial charge in [-0.15, -0.1) is 0 Å². The first kappa shape index (κ1) is 14.1. The molecule has 0 amide bonds. The summed E-state index contributed by atoms with van der Waals surface area (Å²) in [6, 6.07) is -0.101. The lowest BCUT2D eigenvalue weighted by Gasteiger charge is -2.20. The lowest BCUT2D eigenvalue weighted by Crippen LogP contribution is -2.39. The number of hydrogen-bond donors (Lipinski definition) is 1. The van der Waals surface area contributed by atoms with Crippen molar-refractivity contribution in [2.24, 2.45) is 0 Å². The summed E-state index contributed by atoms with van der Waals surface area (Å²) in [6.45, 7) is 3.48. The average molecular weight is 297 g/mol. The number of nitrogens with zero attached hydrogens (tertiary/aromatic N) is 3. The highest BCUT2D eigenvalue weighted by atomic mass is 35.5. The number of aromatic nitrogens is 3. The summed E-state index contributed by atoms with van der Waals surface area (Å²) in [6.07, 6.45) is -4.60. The van der Waals surface area contributed by atoms with Gasteiger partial charge in [0, 0.05) is 0 Å². The Labute approximate surface area is 112 Å². The molecule has 1 N–H and O–H groups in total. The molecule has 0 aliphatic heterocycles. The minimum absolute atomic E-state index is 0.0137. The van der Waals surface area contributed by atoms with E-state index in [4.69, 9.17) is 16.3 Å². The second-order valence-electron chi connectivity index (χ2n) is 4.58. The van der Waals surface area contributed by atoms with E-state index in [9.17, 15) is 13.2 Å². The van der Waals surface area contributed by atoms with Gasteiger partial charge < -0.3 is 10.1 Å². The number of rotatable bonds is 4. The quantitative estimate of drug-likeness (QED) is 0.926. The molecular formula is C10H12ClF3N4O. The fourth-order valence-corrected chi connectivity index (χ4v) is 1.62. The average Bonchev–Trinajstić information content (AvgIpc) is 2.95. The molecule has 0 bridgehead atoms. The van der Waals surface area contributed by atoms with Crippen LogP contribution in [0.5, 0.6) is 6.01 Å². The predicted octanol–water partition coefficient (Wildman–Crippen LogP) is 2.82. The van der Waals surface area contributed by atoms with Crippen LogP contribution in [0.2, 0.25) is 5.28 Å². The van der Waals surface area contributed by atoms with E-state index in [1.807, 2.05) is 0 Å². The zero-order valence-corrected chi connectivity index (χ0v) is 11.0. The van der Waals surface area contributed by atoms with Crippen LogP contribution in [0.4, 0.5) is 19.1 Å². The maximum Gasteiger partial charge on any atom is 0.411 e. The molecule has 19 heavy (non-hydrogen) atoms. The van der Waals surface area contributed by atoms with Gasteiger partial charge in [0.1, 0.15) is 5.54 Å². The standard InChI is InChI=1S/C10H12ClF3N4O/c1-5(2)19-8-16-6(11)15-7(17-8)18-9(3-4-9)10(12,13)14/h5H,3-4H2,1-2H3,(H,15,16,17,18). The van der Waals surface area contributed by atoms with Crippen LogP contribution in [0.3, 0.4) is 0 Å². The Morgan fingerprint density at radius 1 is 1.26 bits per heavy atom. The first-order chi connectivity index (χ1) is 8.72. The van der Waals surface area contributed by atoms with Crippen LogP contribution in [0.25, 0.3) is 0 Å². The Morgan fingerprint density at radius 3 is 2.37 bits per heavy atom. The number of anilines is 1. The molecule has 1 aliphatic rings. The van der Waals surface area contributed by atoms with E-state index in [1.54, 1.807) is 13.8 Å². The van der Waals surface area contributed by atoms with Crippen LogP contribution in [0, 0.1) is 0 Å². The van der Waals surface area contributed by atoms with Crippen LogP contribution in [0.15, 0.2) is 0 Å². The van der Waals surface area contributed by atoms with E-state index >= 15 is 0 Å². The van der Waals surface area contributed by atoms with Gasteiger partial charge in [-0.25, -0.2) is 0 Å². The Morgan fingerprint density at radius 2 is 1.89 bits per heavy atom. The van der Waals surface area contributed by atoms with Gasteiger partial charge in [-0.2, -0.15) is 28.1 Å². The van der Waals surface area contributed by atoms with Gasteiger partial charge in [0.2, 0.25) is 11.2 Å². The third-order valence-electron chi connectivity index (χ3n) is 2.57. The summed E-state index contributed by atoms with van der Waals surface area (Å²) in [5.41, 5.74) is -1.95. The molecule has 1 fully saturated rings. The van der Waals surface area contributed by atoms with Gasteiger partial charge in [0.15, 0.2) is 0 Å². The van der Waals surface area contributed by atoms with Crippen LogP contribution < -0.4 is 10.1 Å². The molecule has 0 saturated heterocycles. The van der Waals surface area contributed by atoms with Gasteiger partial charge in [0.05, 0.1) is 6.10 Å². The molecular weight excluding hydrogens is 285 g/mol. The minimum Gasteiger partial charge on any atom is -0.461 e. The largest absolute Gasteiger partial charge is 0.461 e. The number of alkyl halides is 3. The van der Waals surface area contributed by atoms with E-state index < -0.39 is 11.7 Å². The van der Waals surface area contributed by atoms with Crippen molar-refractivity contribution >= 4 is 17.5 Å². The molecule has 1 saturated carbocycles. The van der Waals surface area contributed by atoms with Crippen molar-refractivity contribution in [3.63, 3.8) is 0 Å². The molecule has 1 aromatic rings. The molecule has 1 aliphatic carbocycles. The SMILES string of the molecule is CC(C)Oc1nc(Cl)nc(NC2(C(F)(F)F)CC2)n1. The zero-order chi connectivity index (χ0) is 14.3. The van der Waals surface area contributed by atoms with Gasteiger partial charge in [-0.1, -0.05) is 0 Å². The summed E-state index contributed by atoms with van der Waals surface area (Å²) in [5.74, 6) is -0.231. The highest BCUT2D eigenvalue weighted by molar-refractivity contribution is 6.28. The minimum atomic E-state index is -4.36. The molecule has 0 radical (unpaired) electrons. The summed E-state index contributed by atoms with van der Waals surface area (Å²) < 4.78 is 43.6. The lowest BCUT2D eigenvalue weighted by atomic mass is 10.3. The molecule has 1 aromatic heterocycles. The second kappa shape index (κ2) is 4.66. The van der Waals surface area contributed by atoms with Gasteiger partial charge >= 0.3 is 12.2 Å². The van der Waals surface area contributed by atoms with Crippen LogP contribution in [-0.2, 0) is 0 Å². The fraction of sp³-hybridized carbons (Fsp3) is 0.700.